The molecule has 1 fully saturated rings. The molecule has 0 radical (unpaired) electrons. The first kappa shape index (κ1) is 20.6. The van der Waals surface area contributed by atoms with Gasteiger partial charge in [-0.05, 0) is 29.9 Å². The Morgan fingerprint density at radius 3 is 2.69 bits per heavy atom. The second-order valence-corrected chi connectivity index (χ2v) is 9.24. The minimum absolute atomic E-state index is 0.0899. The summed E-state index contributed by atoms with van der Waals surface area (Å²) < 4.78 is 3.28. The molecule has 0 atom stereocenters. The summed E-state index contributed by atoms with van der Waals surface area (Å²) in [6.45, 7) is 1.37. The zero-order valence-electron chi connectivity index (χ0n) is 17.7. The molecular formula is C24H25N5O2S. The summed E-state index contributed by atoms with van der Waals surface area (Å²) in [5, 5.41) is 9.99. The van der Waals surface area contributed by atoms with Gasteiger partial charge >= 0.3 is 0 Å². The fourth-order valence-electron chi connectivity index (χ4n) is 4.61. The van der Waals surface area contributed by atoms with Gasteiger partial charge in [0, 0.05) is 11.4 Å². The standard InChI is InChI=1S/C24H25N5O2S/c30-22-19-15-27-29(21(19)26-17-28(22)16-18-7-2-1-3-8-18)13-12-25-23(31)24(10-4-5-11-24)20-9-6-14-32-20/h1-3,6-9,14-15,17H,4-5,10-13,16H2,(H,25,31). The third-order valence-corrected chi connectivity index (χ3v) is 7.39. The van der Waals surface area contributed by atoms with Crippen LogP contribution in [0.15, 0.2) is 65.2 Å². The third-order valence-electron chi connectivity index (χ3n) is 6.31. The van der Waals surface area contributed by atoms with Crippen LogP contribution in [0.2, 0.25) is 0 Å². The monoisotopic (exact) mass is 447 g/mol. The molecule has 1 saturated carbocycles. The lowest BCUT2D eigenvalue weighted by Gasteiger charge is -2.26. The zero-order chi connectivity index (χ0) is 22.0. The second kappa shape index (κ2) is 8.70. The van der Waals surface area contributed by atoms with Gasteiger partial charge in [0.1, 0.15) is 11.7 Å². The molecule has 164 valence electrons. The van der Waals surface area contributed by atoms with Crippen molar-refractivity contribution in [3.8, 4) is 0 Å². The number of nitrogens with one attached hydrogen (secondary N) is 1. The topological polar surface area (TPSA) is 81.8 Å². The van der Waals surface area contributed by atoms with E-state index in [1.54, 1.807) is 33.1 Å². The molecule has 7 nitrogen and oxygen atoms in total. The van der Waals surface area contributed by atoms with Crippen LogP contribution in [-0.2, 0) is 23.3 Å². The lowest BCUT2D eigenvalue weighted by atomic mass is 9.83. The Hall–Kier alpha value is -3.26. The van der Waals surface area contributed by atoms with E-state index in [9.17, 15) is 9.59 Å². The van der Waals surface area contributed by atoms with Crippen molar-refractivity contribution in [1.82, 2.24) is 24.6 Å². The molecule has 3 aromatic heterocycles. The number of amides is 1. The first-order valence-electron chi connectivity index (χ1n) is 10.9. The Morgan fingerprint density at radius 1 is 1.12 bits per heavy atom. The van der Waals surface area contributed by atoms with E-state index in [2.05, 4.69) is 21.5 Å². The van der Waals surface area contributed by atoms with E-state index in [0.29, 0.717) is 30.7 Å². The molecule has 1 aliphatic carbocycles. The molecule has 0 spiro atoms. The summed E-state index contributed by atoms with van der Waals surface area (Å²) in [6.07, 6.45) is 7.08. The highest BCUT2D eigenvalue weighted by Crippen LogP contribution is 2.43. The minimum Gasteiger partial charge on any atom is -0.353 e. The van der Waals surface area contributed by atoms with Crippen LogP contribution >= 0.6 is 11.3 Å². The molecule has 0 bridgehead atoms. The van der Waals surface area contributed by atoms with E-state index in [1.807, 2.05) is 41.8 Å². The Bertz CT molecular complexity index is 1270. The van der Waals surface area contributed by atoms with Crippen molar-refractivity contribution in [2.75, 3.05) is 6.54 Å². The summed E-state index contributed by atoms with van der Waals surface area (Å²) >= 11 is 1.66. The average molecular weight is 448 g/mol. The largest absolute Gasteiger partial charge is 0.353 e. The van der Waals surface area contributed by atoms with E-state index < -0.39 is 5.41 Å². The van der Waals surface area contributed by atoms with E-state index in [0.717, 1.165) is 36.1 Å². The number of fused-ring (bicyclic) bond motifs is 1. The van der Waals surface area contributed by atoms with Crippen LogP contribution in [0.4, 0.5) is 0 Å². The fourth-order valence-corrected chi connectivity index (χ4v) is 5.60. The van der Waals surface area contributed by atoms with Gasteiger partial charge in [0.25, 0.3) is 5.56 Å². The predicted molar refractivity (Wildman–Crippen MR) is 125 cm³/mol. The Balaban J connectivity index is 1.28. The highest BCUT2D eigenvalue weighted by atomic mass is 32.1. The molecule has 3 heterocycles. The smallest absolute Gasteiger partial charge is 0.264 e. The molecule has 32 heavy (non-hydrogen) atoms. The van der Waals surface area contributed by atoms with Gasteiger partial charge in [-0.25, -0.2) is 9.67 Å². The number of hydrogen-bond donors (Lipinski definition) is 1. The van der Waals surface area contributed by atoms with Gasteiger partial charge in [-0.15, -0.1) is 11.3 Å². The predicted octanol–water partition coefficient (Wildman–Crippen LogP) is 3.33. The molecule has 4 aromatic rings. The Morgan fingerprint density at radius 2 is 1.94 bits per heavy atom. The van der Waals surface area contributed by atoms with Crippen molar-refractivity contribution >= 4 is 28.3 Å². The van der Waals surface area contributed by atoms with Gasteiger partial charge in [-0.3, -0.25) is 14.2 Å². The lowest BCUT2D eigenvalue weighted by Crippen LogP contribution is -2.43. The van der Waals surface area contributed by atoms with Crippen LogP contribution in [0.1, 0.15) is 36.1 Å². The van der Waals surface area contributed by atoms with Crippen LogP contribution in [0.5, 0.6) is 0 Å². The van der Waals surface area contributed by atoms with Crippen LogP contribution in [0, 0.1) is 0 Å². The van der Waals surface area contributed by atoms with E-state index >= 15 is 0 Å². The molecular weight excluding hydrogens is 422 g/mol. The van der Waals surface area contributed by atoms with E-state index in [4.69, 9.17) is 0 Å². The molecule has 5 rings (SSSR count). The number of carbonyl (C=O) groups excluding carboxylic acids is 1. The summed E-state index contributed by atoms with van der Waals surface area (Å²) in [4.78, 5) is 31.6. The van der Waals surface area contributed by atoms with Gasteiger partial charge in [-0.2, -0.15) is 5.10 Å². The summed E-state index contributed by atoms with van der Waals surface area (Å²) in [7, 11) is 0. The van der Waals surface area contributed by atoms with Crippen LogP contribution < -0.4 is 10.9 Å². The first-order chi connectivity index (χ1) is 15.7. The molecule has 0 saturated heterocycles. The van der Waals surface area contributed by atoms with Crippen molar-refractivity contribution in [2.45, 2.75) is 44.2 Å². The second-order valence-electron chi connectivity index (χ2n) is 8.29. The average Bonchev–Trinajstić information content (AvgIpc) is 3.58. The minimum atomic E-state index is -0.399. The zero-order valence-corrected chi connectivity index (χ0v) is 18.6. The number of rotatable bonds is 7. The maximum absolute atomic E-state index is 13.1. The molecule has 0 unspecified atom stereocenters. The number of nitrogens with zero attached hydrogens (tertiary/aromatic N) is 4. The van der Waals surface area contributed by atoms with Gasteiger partial charge in [0.2, 0.25) is 5.91 Å². The molecule has 8 heteroatoms. The Labute approximate surface area is 189 Å². The van der Waals surface area contributed by atoms with Crippen molar-refractivity contribution < 1.29 is 4.79 Å². The number of aromatic nitrogens is 4. The summed E-state index contributed by atoms with van der Waals surface area (Å²) in [5.41, 5.74) is 1.07. The van der Waals surface area contributed by atoms with Crippen molar-refractivity contribution in [1.29, 1.82) is 0 Å². The first-order valence-corrected chi connectivity index (χ1v) is 11.8. The highest BCUT2D eigenvalue weighted by Gasteiger charge is 2.43. The summed E-state index contributed by atoms with van der Waals surface area (Å²) in [5.74, 6) is 0.0899. The van der Waals surface area contributed by atoms with Gasteiger partial charge in [0.15, 0.2) is 5.65 Å². The molecule has 1 N–H and O–H groups in total. The Kier molecular flexibility index (Phi) is 5.61. The van der Waals surface area contributed by atoms with Crippen molar-refractivity contribution in [3.63, 3.8) is 0 Å². The molecule has 0 aliphatic heterocycles. The third kappa shape index (κ3) is 3.75. The molecule has 1 aliphatic rings. The van der Waals surface area contributed by atoms with E-state index in [-0.39, 0.29) is 11.5 Å². The van der Waals surface area contributed by atoms with Crippen molar-refractivity contribution in [2.24, 2.45) is 0 Å². The summed E-state index contributed by atoms with van der Waals surface area (Å²) in [6, 6.07) is 13.9. The lowest BCUT2D eigenvalue weighted by molar-refractivity contribution is -0.126. The van der Waals surface area contributed by atoms with Gasteiger partial charge in [0.05, 0.1) is 24.7 Å². The molecule has 1 aromatic carbocycles. The SMILES string of the molecule is O=C(NCCn1ncc2c(=O)n(Cc3ccccc3)cnc21)C1(c2cccs2)CCCC1. The van der Waals surface area contributed by atoms with Crippen molar-refractivity contribution in [3.05, 3.63) is 81.2 Å². The highest BCUT2D eigenvalue weighted by molar-refractivity contribution is 7.10. The van der Waals surface area contributed by atoms with Crippen LogP contribution in [0.3, 0.4) is 0 Å². The number of benzene rings is 1. The van der Waals surface area contributed by atoms with Crippen LogP contribution in [-0.4, -0.2) is 31.8 Å². The normalized spacial score (nSPS) is 15.2. The quantitative estimate of drug-likeness (QED) is 0.471. The van der Waals surface area contributed by atoms with Gasteiger partial charge < -0.3 is 5.32 Å². The van der Waals surface area contributed by atoms with E-state index in [1.165, 1.54) is 0 Å². The molecule has 1 amide bonds. The maximum atomic E-state index is 13.1. The maximum Gasteiger partial charge on any atom is 0.264 e. The fraction of sp³-hybridized carbons (Fsp3) is 0.333. The number of thiophene rings is 1. The number of hydrogen-bond acceptors (Lipinski definition) is 5. The number of carbonyl (C=O) groups is 1. The van der Waals surface area contributed by atoms with Crippen LogP contribution in [0.25, 0.3) is 11.0 Å². The van der Waals surface area contributed by atoms with Gasteiger partial charge in [-0.1, -0.05) is 49.2 Å².